The zero-order chi connectivity index (χ0) is 27.3. The Bertz CT molecular complexity index is 1550. The number of carboxylic acid groups (broad SMARTS) is 1. The maximum absolute atomic E-state index is 12.2. The predicted molar refractivity (Wildman–Crippen MR) is 138 cm³/mol. The van der Waals surface area contributed by atoms with Crippen LogP contribution in [-0.2, 0) is 6.42 Å². The fraction of sp³-hybridized carbons (Fsp3) is 0.143. The third-order valence-electron chi connectivity index (χ3n) is 5.72. The Kier molecular flexibility index (Phi) is 7.94. The summed E-state index contributed by atoms with van der Waals surface area (Å²) in [4.78, 5) is 19.0. The Balaban J connectivity index is 0.000000204. The van der Waals surface area contributed by atoms with Crippen LogP contribution < -0.4 is 10.5 Å². The van der Waals surface area contributed by atoms with Crippen molar-refractivity contribution in [1.82, 2.24) is 9.97 Å². The summed E-state index contributed by atoms with van der Waals surface area (Å²) < 4.78 is 40.4. The number of alkyl halides is 3. The largest absolute Gasteiger partial charge is 0.573 e. The molecule has 0 fully saturated rings. The van der Waals surface area contributed by atoms with E-state index in [0.717, 1.165) is 17.6 Å². The lowest BCUT2D eigenvalue weighted by atomic mass is 10.0. The smallest absolute Gasteiger partial charge is 0.478 e. The number of aromatic amines is 1. The lowest BCUT2D eigenvalue weighted by molar-refractivity contribution is -0.274. The first kappa shape index (κ1) is 26.6. The molecule has 0 spiro atoms. The summed E-state index contributed by atoms with van der Waals surface area (Å²) in [7, 11) is 0. The number of aliphatic hydroxyl groups excluding tert-OH is 1. The minimum absolute atomic E-state index is 0.0273. The van der Waals surface area contributed by atoms with Crippen LogP contribution in [0.5, 0.6) is 5.75 Å². The number of nitrogens with one attached hydrogen (secondary N) is 1. The van der Waals surface area contributed by atoms with E-state index in [1.54, 1.807) is 24.3 Å². The van der Waals surface area contributed by atoms with Gasteiger partial charge in [0.15, 0.2) is 0 Å². The van der Waals surface area contributed by atoms with E-state index >= 15 is 0 Å². The molecule has 1 atom stereocenters. The lowest BCUT2D eigenvalue weighted by Crippen LogP contribution is -2.26. The highest BCUT2D eigenvalue weighted by molar-refractivity contribution is 6.03. The third-order valence-corrected chi connectivity index (χ3v) is 5.72. The number of halogens is 3. The van der Waals surface area contributed by atoms with Crippen LogP contribution in [0.2, 0.25) is 0 Å². The summed E-state index contributed by atoms with van der Waals surface area (Å²) >= 11 is 0. The van der Waals surface area contributed by atoms with Gasteiger partial charge in [0.1, 0.15) is 5.75 Å². The van der Waals surface area contributed by atoms with Crippen LogP contribution in [0.3, 0.4) is 0 Å². The maximum atomic E-state index is 12.2. The molecule has 196 valence electrons. The van der Waals surface area contributed by atoms with E-state index in [1.807, 2.05) is 24.4 Å². The van der Waals surface area contributed by atoms with Crippen LogP contribution in [-0.4, -0.2) is 45.2 Å². The van der Waals surface area contributed by atoms with Crippen molar-refractivity contribution in [2.75, 3.05) is 6.61 Å². The molecule has 0 amide bonds. The van der Waals surface area contributed by atoms with Gasteiger partial charge in [-0.2, -0.15) is 0 Å². The normalized spacial score (nSPS) is 12.1. The summed E-state index contributed by atoms with van der Waals surface area (Å²) in [6.07, 6.45) is -2.10. The second-order valence-electron chi connectivity index (χ2n) is 8.46. The van der Waals surface area contributed by atoms with Crippen molar-refractivity contribution in [3.8, 4) is 17.0 Å². The summed E-state index contributed by atoms with van der Waals surface area (Å²) in [5, 5.41) is 19.9. The van der Waals surface area contributed by atoms with E-state index in [-0.39, 0.29) is 24.0 Å². The summed E-state index contributed by atoms with van der Waals surface area (Å²) in [6, 6.07) is 21.2. The van der Waals surface area contributed by atoms with Gasteiger partial charge in [-0.3, -0.25) is 0 Å². The van der Waals surface area contributed by atoms with Gasteiger partial charge in [0, 0.05) is 34.1 Å². The number of fused-ring (bicyclic) bond motifs is 2. The summed E-state index contributed by atoms with van der Waals surface area (Å²) in [5.74, 6) is -1.46. The van der Waals surface area contributed by atoms with Gasteiger partial charge < -0.3 is 25.7 Å². The highest BCUT2D eigenvalue weighted by Crippen LogP contribution is 2.28. The number of H-pyrrole nitrogens is 1. The van der Waals surface area contributed by atoms with E-state index in [0.29, 0.717) is 28.6 Å². The van der Waals surface area contributed by atoms with E-state index < -0.39 is 12.3 Å². The molecule has 3 aromatic carbocycles. The predicted octanol–water partition coefficient (Wildman–Crippen LogP) is 5.53. The van der Waals surface area contributed by atoms with E-state index in [9.17, 15) is 23.1 Å². The molecule has 5 aromatic rings. The molecule has 2 heterocycles. The molecule has 0 bridgehead atoms. The van der Waals surface area contributed by atoms with Gasteiger partial charge in [0.2, 0.25) is 0 Å². The van der Waals surface area contributed by atoms with Gasteiger partial charge in [-0.05, 0) is 54.4 Å². The average molecular weight is 524 g/mol. The molecule has 5 rings (SSSR count). The number of hydrogen-bond donors (Lipinski definition) is 4. The molecule has 0 saturated carbocycles. The molecular formula is C28H24F3N3O4. The van der Waals surface area contributed by atoms with E-state index in [2.05, 4.69) is 20.8 Å². The zero-order valence-electron chi connectivity index (χ0n) is 19.9. The number of pyridine rings is 1. The number of carboxylic acids is 1. The van der Waals surface area contributed by atoms with Crippen molar-refractivity contribution >= 4 is 27.8 Å². The molecule has 5 N–H and O–H groups in total. The summed E-state index contributed by atoms with van der Waals surface area (Å²) in [6.45, 7) is 0.0273. The number of aliphatic hydroxyl groups is 1. The number of rotatable bonds is 6. The van der Waals surface area contributed by atoms with Crippen molar-refractivity contribution in [2.45, 2.75) is 18.8 Å². The zero-order valence-corrected chi connectivity index (χ0v) is 19.9. The molecule has 0 aliphatic rings. The van der Waals surface area contributed by atoms with E-state index in [4.69, 9.17) is 10.8 Å². The van der Waals surface area contributed by atoms with Gasteiger partial charge >= 0.3 is 12.3 Å². The second-order valence-corrected chi connectivity index (χ2v) is 8.46. The Morgan fingerprint density at radius 2 is 1.66 bits per heavy atom. The van der Waals surface area contributed by atoms with Crippen molar-refractivity contribution in [1.29, 1.82) is 0 Å². The maximum Gasteiger partial charge on any atom is 0.573 e. The highest BCUT2D eigenvalue weighted by Gasteiger charge is 2.31. The van der Waals surface area contributed by atoms with Crippen molar-refractivity contribution < 1.29 is 32.9 Å². The van der Waals surface area contributed by atoms with Crippen LogP contribution in [0.15, 0.2) is 85.1 Å². The average Bonchev–Trinajstić information content (AvgIpc) is 3.30. The first-order chi connectivity index (χ1) is 18.1. The fourth-order valence-electron chi connectivity index (χ4n) is 3.98. The summed E-state index contributed by atoms with van der Waals surface area (Å²) in [5.41, 5.74) is 9.38. The SMILES string of the molecule is N[C@@H](CO)Cc1c[nH]c2ccccc12.O=C(O)c1cc(-c2ccc(OC(F)(F)F)cc2)nc2ccccc12. The topological polar surface area (TPSA) is 121 Å². The van der Waals surface area contributed by atoms with Crippen LogP contribution in [0.4, 0.5) is 13.2 Å². The van der Waals surface area contributed by atoms with Gasteiger partial charge in [0.05, 0.1) is 23.4 Å². The van der Waals surface area contributed by atoms with Crippen LogP contribution in [0.25, 0.3) is 33.1 Å². The minimum Gasteiger partial charge on any atom is -0.478 e. The Morgan fingerprint density at radius 1 is 1.00 bits per heavy atom. The van der Waals surface area contributed by atoms with Crippen molar-refractivity contribution in [3.63, 3.8) is 0 Å². The molecule has 38 heavy (non-hydrogen) atoms. The number of ether oxygens (including phenoxy) is 1. The number of nitrogens with two attached hydrogens (primary N) is 1. The van der Waals surface area contributed by atoms with Gasteiger partial charge in [-0.25, -0.2) is 9.78 Å². The molecule has 0 aliphatic carbocycles. The number of aromatic nitrogens is 2. The molecule has 7 nitrogen and oxygen atoms in total. The Morgan fingerprint density at radius 3 is 2.32 bits per heavy atom. The Labute approximate surface area is 215 Å². The minimum atomic E-state index is -4.76. The Hall–Kier alpha value is -4.41. The number of aromatic carboxylic acids is 1. The first-order valence-electron chi connectivity index (χ1n) is 11.6. The van der Waals surface area contributed by atoms with Crippen LogP contribution >= 0.6 is 0 Å². The molecule has 2 aromatic heterocycles. The molecule has 0 unspecified atom stereocenters. The molecule has 0 radical (unpaired) electrons. The fourth-order valence-corrected chi connectivity index (χ4v) is 3.98. The number of hydrogen-bond acceptors (Lipinski definition) is 5. The number of para-hydroxylation sites is 2. The van der Waals surface area contributed by atoms with Crippen molar-refractivity contribution in [2.24, 2.45) is 5.73 Å². The lowest BCUT2D eigenvalue weighted by Gasteiger charge is -2.10. The van der Waals surface area contributed by atoms with Gasteiger partial charge in [-0.1, -0.05) is 36.4 Å². The first-order valence-corrected chi connectivity index (χ1v) is 11.6. The van der Waals surface area contributed by atoms with Gasteiger partial charge in [-0.15, -0.1) is 13.2 Å². The van der Waals surface area contributed by atoms with E-state index in [1.165, 1.54) is 29.1 Å². The molecule has 10 heteroatoms. The third kappa shape index (κ3) is 6.47. The van der Waals surface area contributed by atoms with Gasteiger partial charge in [0.25, 0.3) is 0 Å². The molecule has 0 saturated heterocycles. The number of nitrogens with zero attached hydrogens (tertiary/aromatic N) is 1. The van der Waals surface area contributed by atoms with Crippen LogP contribution in [0, 0.1) is 0 Å². The molecular weight excluding hydrogens is 499 g/mol. The standard InChI is InChI=1S/C17H10F3NO3.C11H14N2O/c18-17(19,20)24-11-7-5-10(6-8-11)15-9-13(16(22)23)12-3-1-2-4-14(12)21-15;12-9(7-14)5-8-6-13-11-4-2-1-3-10(8)11/h1-9H,(H,22,23);1-4,6,9,13-14H,5,7,12H2/t;9-/m.1/s1. The number of carbonyl (C=O) groups is 1. The monoisotopic (exact) mass is 523 g/mol. The van der Waals surface area contributed by atoms with Crippen molar-refractivity contribution in [3.05, 3.63) is 96.2 Å². The second kappa shape index (κ2) is 11.3. The highest BCUT2D eigenvalue weighted by atomic mass is 19.4. The molecule has 0 aliphatic heterocycles. The quantitative estimate of drug-likeness (QED) is 0.232. The number of benzene rings is 3. The van der Waals surface area contributed by atoms with Crippen LogP contribution in [0.1, 0.15) is 15.9 Å².